The van der Waals surface area contributed by atoms with E-state index in [0.717, 1.165) is 5.69 Å². The zero-order valence-corrected chi connectivity index (χ0v) is 11.3. The van der Waals surface area contributed by atoms with E-state index in [4.69, 9.17) is 10.5 Å². The van der Waals surface area contributed by atoms with Crippen LogP contribution in [-0.4, -0.2) is 46.3 Å². The van der Waals surface area contributed by atoms with Gasteiger partial charge in [0.2, 0.25) is 0 Å². The van der Waals surface area contributed by atoms with Crippen molar-refractivity contribution in [2.75, 3.05) is 19.3 Å². The number of aryl methyl sites for hydroxylation is 1. The number of hydrogen-bond donors (Lipinski definition) is 1. The van der Waals surface area contributed by atoms with Crippen molar-refractivity contribution in [3.05, 3.63) is 11.4 Å². The Labute approximate surface area is 111 Å². The number of nitrogens with two attached hydrogens (primary N) is 1. The zero-order chi connectivity index (χ0) is 14.2. The number of ether oxygens (including phenoxy) is 1. The highest BCUT2D eigenvalue weighted by Gasteiger charge is 2.32. The van der Waals surface area contributed by atoms with Crippen molar-refractivity contribution < 1.29 is 14.3 Å². The number of nitrogens with zero attached hydrogens (tertiary/aromatic N) is 3. The van der Waals surface area contributed by atoms with E-state index in [0.29, 0.717) is 24.3 Å². The van der Waals surface area contributed by atoms with Gasteiger partial charge in [-0.3, -0.25) is 14.3 Å². The minimum Gasteiger partial charge on any atom is -0.451 e. The van der Waals surface area contributed by atoms with E-state index in [1.165, 1.54) is 4.68 Å². The van der Waals surface area contributed by atoms with E-state index in [-0.39, 0.29) is 12.5 Å². The first-order chi connectivity index (χ1) is 8.90. The van der Waals surface area contributed by atoms with Crippen LogP contribution in [0.5, 0.6) is 0 Å². The summed E-state index contributed by atoms with van der Waals surface area (Å²) in [6.07, 6.45) is -0.118. The Morgan fingerprint density at radius 3 is 2.68 bits per heavy atom. The summed E-state index contributed by atoms with van der Waals surface area (Å²) in [7, 11) is 1.69. The van der Waals surface area contributed by atoms with Gasteiger partial charge in [0, 0.05) is 20.0 Å². The third-order valence-electron chi connectivity index (χ3n) is 3.37. The first-order valence-corrected chi connectivity index (χ1v) is 6.14. The zero-order valence-electron chi connectivity index (χ0n) is 11.3. The number of nitrogen functional groups attached to an aromatic ring is 1. The van der Waals surface area contributed by atoms with Crippen molar-refractivity contribution in [1.29, 1.82) is 0 Å². The molecule has 0 saturated carbocycles. The molecule has 1 aromatic heterocycles. The van der Waals surface area contributed by atoms with E-state index in [1.807, 2.05) is 0 Å². The van der Waals surface area contributed by atoms with Crippen LogP contribution in [0, 0.1) is 13.8 Å². The molecule has 7 nitrogen and oxygen atoms in total. The van der Waals surface area contributed by atoms with Crippen molar-refractivity contribution in [2.24, 2.45) is 0 Å². The molecule has 7 heteroatoms. The summed E-state index contributed by atoms with van der Waals surface area (Å²) in [6, 6.07) is 0. The van der Waals surface area contributed by atoms with Gasteiger partial charge < -0.3 is 15.4 Å². The molecule has 1 saturated heterocycles. The standard InChI is InChI=1S/C12H18N4O3/c1-7-11(13)8(2)16(14-7)6-10(17)19-9-4-5-15(3)12(9)18/h9H,4-6,13H2,1-3H3. The van der Waals surface area contributed by atoms with Crippen LogP contribution in [0.1, 0.15) is 17.8 Å². The molecule has 1 unspecified atom stereocenters. The lowest BCUT2D eigenvalue weighted by Gasteiger charge is -2.12. The number of anilines is 1. The second-order valence-electron chi connectivity index (χ2n) is 4.77. The van der Waals surface area contributed by atoms with Crippen LogP contribution in [0.25, 0.3) is 0 Å². The maximum Gasteiger partial charge on any atom is 0.328 e. The molecule has 1 fully saturated rings. The topological polar surface area (TPSA) is 90.5 Å². The molecule has 2 rings (SSSR count). The molecule has 104 valence electrons. The summed E-state index contributed by atoms with van der Waals surface area (Å²) in [4.78, 5) is 25.0. The van der Waals surface area contributed by atoms with Gasteiger partial charge in [0.15, 0.2) is 6.10 Å². The molecule has 0 aromatic carbocycles. The molecular weight excluding hydrogens is 248 g/mol. The van der Waals surface area contributed by atoms with Crippen LogP contribution in [0.15, 0.2) is 0 Å². The molecule has 0 spiro atoms. The first-order valence-electron chi connectivity index (χ1n) is 6.14. The third-order valence-corrected chi connectivity index (χ3v) is 3.37. The van der Waals surface area contributed by atoms with Crippen molar-refractivity contribution in [3.8, 4) is 0 Å². The first kappa shape index (κ1) is 13.4. The predicted molar refractivity (Wildman–Crippen MR) is 68.2 cm³/mol. The second kappa shape index (κ2) is 4.91. The Kier molecular flexibility index (Phi) is 3.46. The Balaban J connectivity index is 1.98. The lowest BCUT2D eigenvalue weighted by atomic mass is 10.3. The average molecular weight is 266 g/mol. The summed E-state index contributed by atoms with van der Waals surface area (Å²) in [6.45, 7) is 4.15. The van der Waals surface area contributed by atoms with Gasteiger partial charge in [-0.25, -0.2) is 0 Å². The molecule has 1 aliphatic rings. The van der Waals surface area contributed by atoms with E-state index < -0.39 is 12.1 Å². The maximum atomic E-state index is 11.8. The van der Waals surface area contributed by atoms with Crippen LogP contribution < -0.4 is 5.73 Å². The molecule has 1 amide bonds. The van der Waals surface area contributed by atoms with Gasteiger partial charge in [0.25, 0.3) is 5.91 Å². The smallest absolute Gasteiger partial charge is 0.328 e. The Morgan fingerprint density at radius 1 is 1.53 bits per heavy atom. The van der Waals surface area contributed by atoms with E-state index in [1.54, 1.807) is 25.8 Å². The fourth-order valence-corrected chi connectivity index (χ4v) is 2.08. The van der Waals surface area contributed by atoms with Crippen molar-refractivity contribution in [3.63, 3.8) is 0 Å². The minimum atomic E-state index is -0.660. The van der Waals surface area contributed by atoms with Crippen LogP contribution in [0.3, 0.4) is 0 Å². The largest absolute Gasteiger partial charge is 0.451 e. The average Bonchev–Trinajstić information content (AvgIpc) is 2.78. The van der Waals surface area contributed by atoms with Crippen LogP contribution in [0.4, 0.5) is 5.69 Å². The lowest BCUT2D eigenvalue weighted by molar-refractivity contribution is -0.156. The van der Waals surface area contributed by atoms with Crippen molar-refractivity contribution in [2.45, 2.75) is 32.9 Å². The van der Waals surface area contributed by atoms with Gasteiger partial charge in [-0.1, -0.05) is 0 Å². The van der Waals surface area contributed by atoms with Crippen LogP contribution in [-0.2, 0) is 20.9 Å². The fourth-order valence-electron chi connectivity index (χ4n) is 2.08. The molecule has 1 aliphatic heterocycles. The van der Waals surface area contributed by atoms with E-state index in [2.05, 4.69) is 5.10 Å². The van der Waals surface area contributed by atoms with Crippen molar-refractivity contribution >= 4 is 17.6 Å². The quantitative estimate of drug-likeness (QED) is 0.769. The number of likely N-dealkylation sites (N-methyl/N-ethyl adjacent to an activating group) is 1. The van der Waals surface area contributed by atoms with E-state index in [9.17, 15) is 9.59 Å². The Bertz CT molecular complexity index is 523. The van der Waals surface area contributed by atoms with Gasteiger partial charge in [-0.2, -0.15) is 5.10 Å². The number of rotatable bonds is 3. The highest BCUT2D eigenvalue weighted by Crippen LogP contribution is 2.16. The molecule has 19 heavy (non-hydrogen) atoms. The number of esters is 1. The minimum absolute atomic E-state index is 0.0304. The number of hydrogen-bond acceptors (Lipinski definition) is 5. The summed E-state index contributed by atoms with van der Waals surface area (Å²) in [5.41, 5.74) is 7.77. The van der Waals surface area contributed by atoms with E-state index >= 15 is 0 Å². The molecule has 0 radical (unpaired) electrons. The van der Waals surface area contributed by atoms with Gasteiger partial charge >= 0.3 is 5.97 Å². The molecule has 2 heterocycles. The molecule has 0 aliphatic carbocycles. The Hall–Kier alpha value is -2.05. The second-order valence-corrected chi connectivity index (χ2v) is 4.77. The van der Waals surface area contributed by atoms with Crippen LogP contribution in [0.2, 0.25) is 0 Å². The summed E-state index contributed by atoms with van der Waals surface area (Å²) in [5, 5.41) is 4.15. The van der Waals surface area contributed by atoms with Crippen LogP contribution >= 0.6 is 0 Å². The van der Waals surface area contributed by atoms with Gasteiger partial charge in [-0.15, -0.1) is 0 Å². The normalized spacial score (nSPS) is 19.0. The fraction of sp³-hybridized carbons (Fsp3) is 0.583. The van der Waals surface area contributed by atoms with Gasteiger partial charge in [-0.05, 0) is 13.8 Å². The summed E-state index contributed by atoms with van der Waals surface area (Å²) >= 11 is 0. The summed E-state index contributed by atoms with van der Waals surface area (Å²) in [5.74, 6) is -0.625. The molecular formula is C12H18N4O3. The Morgan fingerprint density at radius 2 is 2.21 bits per heavy atom. The number of amides is 1. The van der Waals surface area contributed by atoms with Gasteiger partial charge in [0.05, 0.1) is 17.1 Å². The number of aromatic nitrogens is 2. The molecule has 1 aromatic rings. The monoisotopic (exact) mass is 266 g/mol. The maximum absolute atomic E-state index is 11.8. The highest BCUT2D eigenvalue weighted by molar-refractivity contribution is 5.85. The number of carbonyl (C=O) groups excluding carboxylic acids is 2. The lowest BCUT2D eigenvalue weighted by Crippen LogP contribution is -2.30. The highest BCUT2D eigenvalue weighted by atomic mass is 16.5. The SMILES string of the molecule is Cc1nn(CC(=O)OC2CCN(C)C2=O)c(C)c1N. The third kappa shape index (κ3) is 2.54. The molecule has 2 N–H and O–H groups in total. The predicted octanol–water partition coefficient (Wildman–Crippen LogP) is -0.144. The summed E-state index contributed by atoms with van der Waals surface area (Å²) < 4.78 is 6.67. The number of carbonyl (C=O) groups is 2. The van der Waals surface area contributed by atoms with Crippen molar-refractivity contribution in [1.82, 2.24) is 14.7 Å². The number of likely N-dealkylation sites (tertiary alicyclic amines) is 1. The molecule has 0 bridgehead atoms. The molecule has 1 atom stereocenters. The van der Waals surface area contributed by atoms with Gasteiger partial charge in [0.1, 0.15) is 6.54 Å².